The standard InChI is InChI=1S/C21H27FN2O4S/c1-4-19(24(29(3,26)27)18-13-11-17(22)12-14-18)21(25)23-15-7-9-16-8-5-6-10-20(16)28-2/h5-6,8,10-14,19H,4,7,9,15H2,1-3H3,(H,23,25)/t19-/m0/s1. The minimum absolute atomic E-state index is 0.255. The molecule has 1 N–H and O–H groups in total. The van der Waals surface area contributed by atoms with Crippen LogP contribution in [-0.2, 0) is 21.2 Å². The fraction of sp³-hybridized carbons (Fsp3) is 0.381. The zero-order valence-corrected chi connectivity index (χ0v) is 17.7. The number of nitrogens with zero attached hydrogens (tertiary/aromatic N) is 1. The highest BCUT2D eigenvalue weighted by Gasteiger charge is 2.31. The number of halogens is 1. The highest BCUT2D eigenvalue weighted by Crippen LogP contribution is 2.23. The zero-order valence-electron chi connectivity index (χ0n) is 16.9. The number of ether oxygens (including phenoxy) is 1. The van der Waals surface area contributed by atoms with Crippen molar-refractivity contribution in [2.75, 3.05) is 24.2 Å². The van der Waals surface area contributed by atoms with Gasteiger partial charge >= 0.3 is 0 Å². The van der Waals surface area contributed by atoms with Gasteiger partial charge in [0.25, 0.3) is 0 Å². The van der Waals surface area contributed by atoms with E-state index in [1.165, 1.54) is 24.3 Å². The number of rotatable bonds is 10. The van der Waals surface area contributed by atoms with Gasteiger partial charge in [-0.05, 0) is 55.2 Å². The van der Waals surface area contributed by atoms with Crippen LogP contribution in [0.15, 0.2) is 48.5 Å². The number of anilines is 1. The van der Waals surface area contributed by atoms with Crippen molar-refractivity contribution in [2.45, 2.75) is 32.2 Å². The van der Waals surface area contributed by atoms with Gasteiger partial charge in [-0.2, -0.15) is 0 Å². The first kappa shape index (κ1) is 22.7. The van der Waals surface area contributed by atoms with E-state index < -0.39 is 21.9 Å². The van der Waals surface area contributed by atoms with Crippen molar-refractivity contribution in [3.63, 3.8) is 0 Å². The molecule has 2 rings (SSSR count). The van der Waals surface area contributed by atoms with E-state index in [2.05, 4.69) is 5.32 Å². The smallest absolute Gasteiger partial charge is 0.243 e. The van der Waals surface area contributed by atoms with Crippen LogP contribution in [0.3, 0.4) is 0 Å². The van der Waals surface area contributed by atoms with Gasteiger partial charge in [-0.25, -0.2) is 12.8 Å². The van der Waals surface area contributed by atoms with E-state index >= 15 is 0 Å². The van der Waals surface area contributed by atoms with E-state index in [1.54, 1.807) is 14.0 Å². The second-order valence-electron chi connectivity index (χ2n) is 6.67. The number of amides is 1. The lowest BCUT2D eigenvalue weighted by Crippen LogP contribution is -2.49. The molecule has 2 aromatic carbocycles. The predicted octanol–water partition coefficient (Wildman–Crippen LogP) is 3.13. The van der Waals surface area contributed by atoms with Crippen LogP contribution in [0.4, 0.5) is 10.1 Å². The Morgan fingerprint density at radius 1 is 1.17 bits per heavy atom. The highest BCUT2D eigenvalue weighted by molar-refractivity contribution is 7.92. The van der Waals surface area contributed by atoms with Crippen molar-refractivity contribution >= 4 is 21.6 Å². The molecule has 0 aliphatic carbocycles. The molecule has 8 heteroatoms. The Morgan fingerprint density at radius 2 is 1.83 bits per heavy atom. The average molecular weight is 423 g/mol. The van der Waals surface area contributed by atoms with Gasteiger partial charge in [0.2, 0.25) is 15.9 Å². The first-order valence-electron chi connectivity index (χ1n) is 9.42. The maximum Gasteiger partial charge on any atom is 0.243 e. The molecule has 0 saturated carbocycles. The Labute approximate surface area is 171 Å². The minimum Gasteiger partial charge on any atom is -0.496 e. The van der Waals surface area contributed by atoms with Crippen LogP contribution >= 0.6 is 0 Å². The minimum atomic E-state index is -3.74. The van der Waals surface area contributed by atoms with Crippen LogP contribution in [0.1, 0.15) is 25.3 Å². The van der Waals surface area contributed by atoms with E-state index in [0.29, 0.717) is 13.0 Å². The number of para-hydroxylation sites is 1. The second-order valence-corrected chi connectivity index (χ2v) is 8.53. The molecule has 0 heterocycles. The number of sulfonamides is 1. The Balaban J connectivity index is 2.04. The van der Waals surface area contributed by atoms with Gasteiger partial charge in [0.15, 0.2) is 0 Å². The van der Waals surface area contributed by atoms with E-state index in [0.717, 1.165) is 28.3 Å². The van der Waals surface area contributed by atoms with Crippen molar-refractivity contribution in [3.05, 3.63) is 59.9 Å². The lowest BCUT2D eigenvalue weighted by molar-refractivity contribution is -0.122. The summed E-state index contributed by atoms with van der Waals surface area (Å²) in [5, 5.41) is 2.82. The molecule has 2 aromatic rings. The molecule has 158 valence electrons. The molecule has 0 bridgehead atoms. The summed E-state index contributed by atoms with van der Waals surface area (Å²) in [5.74, 6) is -0.0665. The Bertz CT molecular complexity index is 917. The summed E-state index contributed by atoms with van der Waals surface area (Å²) < 4.78 is 44.3. The van der Waals surface area contributed by atoms with Crippen LogP contribution in [0.5, 0.6) is 5.75 Å². The molecule has 1 atom stereocenters. The van der Waals surface area contributed by atoms with Crippen LogP contribution in [-0.4, -0.2) is 40.3 Å². The van der Waals surface area contributed by atoms with Crippen molar-refractivity contribution in [2.24, 2.45) is 0 Å². The van der Waals surface area contributed by atoms with Crippen molar-refractivity contribution in [1.29, 1.82) is 0 Å². The van der Waals surface area contributed by atoms with Gasteiger partial charge in [-0.1, -0.05) is 25.1 Å². The maximum absolute atomic E-state index is 13.2. The Hall–Kier alpha value is -2.61. The van der Waals surface area contributed by atoms with Crippen LogP contribution in [0, 0.1) is 5.82 Å². The van der Waals surface area contributed by atoms with Gasteiger partial charge in [0.05, 0.1) is 19.1 Å². The number of nitrogens with one attached hydrogen (secondary N) is 1. The first-order valence-corrected chi connectivity index (χ1v) is 11.3. The molecule has 29 heavy (non-hydrogen) atoms. The number of carbonyl (C=O) groups is 1. The van der Waals surface area contributed by atoms with Gasteiger partial charge < -0.3 is 10.1 Å². The number of aryl methyl sites for hydroxylation is 1. The largest absolute Gasteiger partial charge is 0.496 e. The van der Waals surface area contributed by atoms with Gasteiger partial charge in [-0.15, -0.1) is 0 Å². The third-order valence-electron chi connectivity index (χ3n) is 4.53. The first-order chi connectivity index (χ1) is 13.8. The molecule has 0 spiro atoms. The fourth-order valence-corrected chi connectivity index (χ4v) is 4.38. The summed E-state index contributed by atoms with van der Waals surface area (Å²) in [4.78, 5) is 12.7. The number of methoxy groups -OCH3 is 1. The van der Waals surface area contributed by atoms with Crippen molar-refractivity contribution < 1.29 is 22.3 Å². The summed E-state index contributed by atoms with van der Waals surface area (Å²) in [6, 6.07) is 11.8. The van der Waals surface area contributed by atoms with Gasteiger partial charge in [0.1, 0.15) is 17.6 Å². The van der Waals surface area contributed by atoms with Crippen molar-refractivity contribution in [3.8, 4) is 5.75 Å². The molecular weight excluding hydrogens is 395 g/mol. The summed E-state index contributed by atoms with van der Waals surface area (Å²) >= 11 is 0. The quantitative estimate of drug-likeness (QED) is 0.597. The molecular formula is C21H27FN2O4S. The molecule has 0 unspecified atom stereocenters. The molecule has 0 aromatic heterocycles. The second kappa shape index (κ2) is 10.2. The lowest BCUT2D eigenvalue weighted by atomic mass is 10.1. The third-order valence-corrected chi connectivity index (χ3v) is 5.71. The fourth-order valence-electron chi connectivity index (χ4n) is 3.17. The molecule has 0 saturated heterocycles. The van der Waals surface area contributed by atoms with E-state index in [1.807, 2.05) is 24.3 Å². The number of hydrogen-bond donors (Lipinski definition) is 1. The van der Waals surface area contributed by atoms with Crippen molar-refractivity contribution in [1.82, 2.24) is 5.32 Å². The normalized spacial score (nSPS) is 12.3. The molecule has 0 fully saturated rings. The van der Waals surface area contributed by atoms with Crippen LogP contribution in [0.2, 0.25) is 0 Å². The van der Waals surface area contributed by atoms with Crippen LogP contribution in [0.25, 0.3) is 0 Å². The number of benzene rings is 2. The van der Waals surface area contributed by atoms with E-state index in [-0.39, 0.29) is 18.0 Å². The summed E-state index contributed by atoms with van der Waals surface area (Å²) in [7, 11) is -2.12. The third kappa shape index (κ3) is 6.19. The average Bonchev–Trinajstić information content (AvgIpc) is 2.69. The highest BCUT2D eigenvalue weighted by atomic mass is 32.2. The maximum atomic E-state index is 13.2. The Kier molecular flexibility index (Phi) is 8.01. The molecule has 0 radical (unpaired) electrons. The monoisotopic (exact) mass is 422 g/mol. The topological polar surface area (TPSA) is 75.7 Å². The van der Waals surface area contributed by atoms with Crippen LogP contribution < -0.4 is 14.4 Å². The lowest BCUT2D eigenvalue weighted by Gasteiger charge is -2.30. The zero-order chi connectivity index (χ0) is 21.4. The number of hydrogen-bond acceptors (Lipinski definition) is 4. The molecule has 1 amide bonds. The summed E-state index contributed by atoms with van der Waals surface area (Å²) in [6.45, 7) is 2.13. The summed E-state index contributed by atoms with van der Waals surface area (Å²) in [6.07, 6.45) is 2.71. The predicted molar refractivity (Wildman–Crippen MR) is 112 cm³/mol. The van der Waals surface area contributed by atoms with E-state index in [9.17, 15) is 17.6 Å². The molecule has 0 aliphatic heterocycles. The SMILES string of the molecule is CC[C@@H](C(=O)NCCCc1ccccc1OC)N(c1ccc(F)cc1)S(C)(=O)=O. The summed E-state index contributed by atoms with van der Waals surface area (Å²) in [5.41, 5.74) is 1.30. The Morgan fingerprint density at radius 3 is 2.41 bits per heavy atom. The molecule has 0 aliphatic rings. The number of carbonyl (C=O) groups excluding carboxylic acids is 1. The van der Waals surface area contributed by atoms with Gasteiger partial charge in [0, 0.05) is 6.54 Å². The van der Waals surface area contributed by atoms with E-state index in [4.69, 9.17) is 4.74 Å². The molecule has 6 nitrogen and oxygen atoms in total. The van der Waals surface area contributed by atoms with Gasteiger partial charge in [-0.3, -0.25) is 9.10 Å².